The van der Waals surface area contributed by atoms with E-state index in [0.717, 1.165) is 18.5 Å². The lowest BCUT2D eigenvalue weighted by Crippen LogP contribution is -2.34. The molecular weight excluding hydrogens is 136 g/mol. The fourth-order valence-electron chi connectivity index (χ4n) is 2.49. The number of nitrogens with two attached hydrogens (primary N) is 1. The summed E-state index contributed by atoms with van der Waals surface area (Å²) in [6.07, 6.45) is 5.87. The number of likely N-dealkylation sites (tertiary alicyclic amines) is 1. The molecule has 2 N–H and O–H groups in total. The van der Waals surface area contributed by atoms with Gasteiger partial charge >= 0.3 is 0 Å². The fraction of sp³-hybridized carbons (Fsp3) is 1.00. The molecule has 2 heteroatoms. The summed E-state index contributed by atoms with van der Waals surface area (Å²) >= 11 is 0. The van der Waals surface area contributed by atoms with Crippen LogP contribution in [-0.2, 0) is 0 Å². The van der Waals surface area contributed by atoms with E-state index in [-0.39, 0.29) is 0 Å². The summed E-state index contributed by atoms with van der Waals surface area (Å²) < 4.78 is 0. The first-order valence-corrected chi connectivity index (χ1v) is 4.77. The van der Waals surface area contributed by atoms with Gasteiger partial charge in [0.25, 0.3) is 0 Å². The molecule has 0 atom stereocenters. The summed E-state index contributed by atoms with van der Waals surface area (Å²) in [4.78, 5) is 2.53. The fourth-order valence-corrected chi connectivity index (χ4v) is 2.49. The van der Waals surface area contributed by atoms with Crippen molar-refractivity contribution in [1.29, 1.82) is 0 Å². The average Bonchev–Trinajstić information content (AvgIpc) is 2.32. The highest BCUT2D eigenvalue weighted by Crippen LogP contribution is 2.47. The van der Waals surface area contributed by atoms with Crippen LogP contribution in [0.25, 0.3) is 0 Å². The monoisotopic (exact) mass is 154 g/mol. The Morgan fingerprint density at radius 1 is 1.27 bits per heavy atom. The van der Waals surface area contributed by atoms with Crippen LogP contribution in [0.5, 0.6) is 0 Å². The maximum absolute atomic E-state index is 5.51. The van der Waals surface area contributed by atoms with E-state index in [1.54, 1.807) is 0 Å². The maximum atomic E-state index is 5.51. The van der Waals surface area contributed by atoms with Gasteiger partial charge in [-0.1, -0.05) is 6.42 Å². The molecular formula is C9H18N2. The van der Waals surface area contributed by atoms with Gasteiger partial charge in [-0.15, -0.1) is 0 Å². The van der Waals surface area contributed by atoms with Crippen molar-refractivity contribution in [3.8, 4) is 0 Å². The van der Waals surface area contributed by atoms with Crippen molar-refractivity contribution >= 4 is 0 Å². The molecule has 1 saturated heterocycles. The molecule has 2 fully saturated rings. The van der Waals surface area contributed by atoms with E-state index >= 15 is 0 Å². The zero-order valence-electron chi connectivity index (χ0n) is 7.18. The Hall–Kier alpha value is -0.0800. The molecule has 1 aliphatic carbocycles. The van der Waals surface area contributed by atoms with Gasteiger partial charge in [0.05, 0.1) is 0 Å². The predicted octanol–water partition coefficient (Wildman–Crippen LogP) is 0.821. The normalized spacial score (nSPS) is 29.2. The number of hydrogen-bond donors (Lipinski definition) is 1. The van der Waals surface area contributed by atoms with Crippen LogP contribution in [0, 0.1) is 5.41 Å². The predicted molar refractivity (Wildman–Crippen MR) is 46.4 cm³/mol. The molecule has 1 heterocycles. The highest BCUT2D eigenvalue weighted by Gasteiger charge is 2.42. The van der Waals surface area contributed by atoms with E-state index in [2.05, 4.69) is 4.90 Å². The van der Waals surface area contributed by atoms with E-state index in [1.165, 1.54) is 38.8 Å². The molecule has 0 unspecified atom stereocenters. The molecule has 0 amide bonds. The van der Waals surface area contributed by atoms with Crippen molar-refractivity contribution in [3.63, 3.8) is 0 Å². The largest absolute Gasteiger partial charge is 0.329 e. The number of hydrogen-bond acceptors (Lipinski definition) is 2. The van der Waals surface area contributed by atoms with Crippen LogP contribution in [-0.4, -0.2) is 31.1 Å². The van der Waals surface area contributed by atoms with E-state index in [1.807, 2.05) is 0 Å². The Morgan fingerprint density at radius 3 is 2.55 bits per heavy atom. The quantitative estimate of drug-likeness (QED) is 0.638. The third-order valence-corrected chi connectivity index (χ3v) is 3.38. The molecule has 2 aliphatic rings. The second-order valence-corrected chi connectivity index (χ2v) is 4.17. The topological polar surface area (TPSA) is 29.3 Å². The van der Waals surface area contributed by atoms with Crippen molar-refractivity contribution < 1.29 is 0 Å². The minimum Gasteiger partial charge on any atom is -0.329 e. The highest BCUT2D eigenvalue weighted by molar-refractivity contribution is 4.95. The summed E-state index contributed by atoms with van der Waals surface area (Å²) in [5.74, 6) is 0. The molecule has 0 bridgehead atoms. The van der Waals surface area contributed by atoms with Crippen LogP contribution in [0.4, 0.5) is 0 Å². The van der Waals surface area contributed by atoms with Crippen LogP contribution in [0.1, 0.15) is 25.7 Å². The molecule has 2 rings (SSSR count). The lowest BCUT2D eigenvalue weighted by atomic mass is 9.68. The van der Waals surface area contributed by atoms with Crippen LogP contribution in [0.3, 0.4) is 0 Å². The smallest absolute Gasteiger partial charge is 0.0105 e. The molecule has 2 nitrogen and oxygen atoms in total. The third kappa shape index (κ3) is 1.30. The van der Waals surface area contributed by atoms with Crippen molar-refractivity contribution in [3.05, 3.63) is 0 Å². The Balaban J connectivity index is 1.83. The van der Waals surface area contributed by atoms with Gasteiger partial charge in [0, 0.05) is 19.6 Å². The second kappa shape index (κ2) is 2.76. The van der Waals surface area contributed by atoms with Gasteiger partial charge in [-0.2, -0.15) is 0 Å². The Bertz CT molecular complexity index is 140. The van der Waals surface area contributed by atoms with E-state index in [9.17, 15) is 0 Å². The lowest BCUT2D eigenvalue weighted by molar-refractivity contribution is 0.140. The molecule has 1 saturated carbocycles. The first-order valence-electron chi connectivity index (χ1n) is 4.77. The zero-order valence-corrected chi connectivity index (χ0v) is 7.18. The summed E-state index contributed by atoms with van der Waals surface area (Å²) in [5, 5.41) is 0. The van der Waals surface area contributed by atoms with Crippen LogP contribution >= 0.6 is 0 Å². The highest BCUT2D eigenvalue weighted by atomic mass is 15.2. The Kier molecular flexibility index (Phi) is 1.90. The summed E-state index contributed by atoms with van der Waals surface area (Å²) in [6, 6.07) is 0. The van der Waals surface area contributed by atoms with Crippen molar-refractivity contribution in [2.24, 2.45) is 11.1 Å². The van der Waals surface area contributed by atoms with E-state index < -0.39 is 0 Å². The molecule has 0 aromatic carbocycles. The van der Waals surface area contributed by atoms with Gasteiger partial charge in [0.2, 0.25) is 0 Å². The number of nitrogens with zero attached hydrogens (tertiary/aromatic N) is 1. The summed E-state index contributed by atoms with van der Waals surface area (Å²) in [6.45, 7) is 4.58. The minimum atomic E-state index is 0.759. The molecule has 0 radical (unpaired) electrons. The SMILES string of the molecule is NCCN1CCC2(CCC2)C1. The van der Waals surface area contributed by atoms with Gasteiger partial charge in [0.15, 0.2) is 0 Å². The number of rotatable bonds is 2. The van der Waals surface area contributed by atoms with Crippen molar-refractivity contribution in [1.82, 2.24) is 4.90 Å². The van der Waals surface area contributed by atoms with Gasteiger partial charge in [-0.05, 0) is 31.2 Å². The molecule has 0 aromatic rings. The zero-order chi connectivity index (χ0) is 7.73. The summed E-state index contributed by atoms with van der Waals surface area (Å²) in [5.41, 5.74) is 6.27. The minimum absolute atomic E-state index is 0.759. The third-order valence-electron chi connectivity index (χ3n) is 3.38. The molecule has 1 spiro atoms. The van der Waals surface area contributed by atoms with Crippen LogP contribution in [0.2, 0.25) is 0 Å². The standard InChI is InChI=1S/C9H18N2/c10-5-7-11-6-4-9(8-11)2-1-3-9/h1-8,10H2. The average molecular weight is 154 g/mol. The van der Waals surface area contributed by atoms with E-state index in [4.69, 9.17) is 5.73 Å². The van der Waals surface area contributed by atoms with Crippen LogP contribution in [0.15, 0.2) is 0 Å². The maximum Gasteiger partial charge on any atom is 0.0105 e. The van der Waals surface area contributed by atoms with Gasteiger partial charge in [-0.25, -0.2) is 0 Å². The first-order chi connectivity index (χ1) is 5.35. The molecule has 0 aromatic heterocycles. The molecule has 64 valence electrons. The van der Waals surface area contributed by atoms with Gasteiger partial charge in [-0.3, -0.25) is 0 Å². The van der Waals surface area contributed by atoms with E-state index in [0.29, 0.717) is 0 Å². The lowest BCUT2D eigenvalue weighted by Gasteiger charge is -2.38. The second-order valence-electron chi connectivity index (χ2n) is 4.17. The Morgan fingerprint density at radius 2 is 2.09 bits per heavy atom. The van der Waals surface area contributed by atoms with Crippen LogP contribution < -0.4 is 5.73 Å². The Labute approximate surface area is 68.7 Å². The van der Waals surface area contributed by atoms with Crippen molar-refractivity contribution in [2.45, 2.75) is 25.7 Å². The van der Waals surface area contributed by atoms with Gasteiger partial charge in [0.1, 0.15) is 0 Å². The first kappa shape index (κ1) is 7.56. The van der Waals surface area contributed by atoms with Crippen molar-refractivity contribution in [2.75, 3.05) is 26.2 Å². The summed E-state index contributed by atoms with van der Waals surface area (Å²) in [7, 11) is 0. The van der Waals surface area contributed by atoms with Gasteiger partial charge < -0.3 is 10.6 Å². The molecule has 11 heavy (non-hydrogen) atoms. The molecule has 1 aliphatic heterocycles.